The van der Waals surface area contributed by atoms with Gasteiger partial charge in [-0.2, -0.15) is 5.26 Å². The standard InChI is InChI=1S/C27H25ClN6O3/c1-27(2,37)16-34-23-13-12-21(33(3)24(35)18-6-8-19(28)9-7-18)14-22(23)31-25(34)32-26(36)30-20-10-4-17(15-29)5-11-20/h4-14,37H,16H2,1-3H3,(H2,30,31,32,36). The van der Waals surface area contributed by atoms with Gasteiger partial charge in [-0.25, -0.2) is 9.78 Å². The quantitative estimate of drug-likeness (QED) is 0.323. The predicted molar refractivity (Wildman–Crippen MR) is 144 cm³/mol. The van der Waals surface area contributed by atoms with Gasteiger partial charge in [0, 0.05) is 29.0 Å². The van der Waals surface area contributed by atoms with Gasteiger partial charge in [-0.15, -0.1) is 0 Å². The molecule has 10 heteroatoms. The largest absolute Gasteiger partial charge is 0.389 e. The van der Waals surface area contributed by atoms with Gasteiger partial charge >= 0.3 is 6.03 Å². The number of rotatable bonds is 6. The van der Waals surface area contributed by atoms with Crippen molar-refractivity contribution in [1.82, 2.24) is 9.55 Å². The van der Waals surface area contributed by atoms with E-state index in [-0.39, 0.29) is 18.4 Å². The highest BCUT2D eigenvalue weighted by molar-refractivity contribution is 6.30. The van der Waals surface area contributed by atoms with Gasteiger partial charge in [0.2, 0.25) is 5.95 Å². The molecular formula is C27H25ClN6O3. The van der Waals surface area contributed by atoms with Crippen LogP contribution in [-0.2, 0) is 6.54 Å². The summed E-state index contributed by atoms with van der Waals surface area (Å²) in [5.74, 6) is 0.0131. The number of halogens is 1. The molecule has 0 spiro atoms. The molecule has 0 aliphatic carbocycles. The van der Waals surface area contributed by atoms with E-state index < -0.39 is 11.6 Å². The van der Waals surface area contributed by atoms with Crippen molar-refractivity contribution in [1.29, 1.82) is 5.26 Å². The third-order valence-electron chi connectivity index (χ3n) is 5.56. The molecule has 0 fully saturated rings. The molecule has 3 N–H and O–H groups in total. The number of hydrogen-bond acceptors (Lipinski definition) is 5. The second-order valence-electron chi connectivity index (χ2n) is 9.15. The predicted octanol–water partition coefficient (Wildman–Crippen LogP) is 5.25. The first-order valence-corrected chi connectivity index (χ1v) is 11.8. The Hall–Kier alpha value is -4.39. The van der Waals surface area contributed by atoms with Crippen molar-refractivity contribution >= 4 is 51.9 Å². The summed E-state index contributed by atoms with van der Waals surface area (Å²) in [6, 6.07) is 19.9. The van der Waals surface area contributed by atoms with E-state index in [4.69, 9.17) is 16.9 Å². The van der Waals surface area contributed by atoms with Gasteiger partial charge < -0.3 is 19.9 Å². The fraction of sp³-hybridized carbons (Fsp3) is 0.185. The van der Waals surface area contributed by atoms with Crippen molar-refractivity contribution in [3.63, 3.8) is 0 Å². The fourth-order valence-corrected chi connectivity index (χ4v) is 3.89. The smallest absolute Gasteiger partial charge is 0.326 e. The molecule has 1 heterocycles. The Morgan fingerprint density at radius 2 is 1.76 bits per heavy atom. The number of nitriles is 1. The Morgan fingerprint density at radius 3 is 2.38 bits per heavy atom. The number of carbonyl (C=O) groups is 2. The summed E-state index contributed by atoms with van der Waals surface area (Å²) in [5, 5.41) is 25.4. The van der Waals surface area contributed by atoms with Crippen molar-refractivity contribution in [2.24, 2.45) is 0 Å². The lowest BCUT2D eigenvalue weighted by Crippen LogP contribution is -2.28. The van der Waals surface area contributed by atoms with Crippen molar-refractivity contribution < 1.29 is 14.7 Å². The van der Waals surface area contributed by atoms with Crippen LogP contribution in [0.25, 0.3) is 11.0 Å². The summed E-state index contributed by atoms with van der Waals surface area (Å²) in [6.45, 7) is 3.48. The number of benzene rings is 3. The summed E-state index contributed by atoms with van der Waals surface area (Å²) < 4.78 is 1.71. The number of nitrogens with one attached hydrogen (secondary N) is 2. The molecule has 9 nitrogen and oxygen atoms in total. The number of amides is 3. The number of fused-ring (bicyclic) bond motifs is 1. The van der Waals surface area contributed by atoms with Crippen LogP contribution in [0.1, 0.15) is 29.8 Å². The molecule has 1 aromatic heterocycles. The van der Waals surface area contributed by atoms with Crippen LogP contribution in [0.5, 0.6) is 0 Å². The minimum atomic E-state index is -1.09. The Balaban J connectivity index is 1.63. The second kappa shape index (κ2) is 10.3. The third-order valence-corrected chi connectivity index (χ3v) is 5.81. The molecule has 3 aromatic carbocycles. The maximum absolute atomic E-state index is 13.0. The molecule has 0 atom stereocenters. The molecule has 0 unspecified atom stereocenters. The average molecular weight is 517 g/mol. The molecule has 3 amide bonds. The van der Waals surface area contributed by atoms with Crippen LogP contribution < -0.4 is 15.5 Å². The van der Waals surface area contributed by atoms with Crippen LogP contribution in [0.15, 0.2) is 66.7 Å². The average Bonchev–Trinajstić information content (AvgIpc) is 3.18. The Kier molecular flexibility index (Phi) is 7.16. The number of nitrogens with zero attached hydrogens (tertiary/aromatic N) is 4. The van der Waals surface area contributed by atoms with E-state index in [9.17, 15) is 14.7 Å². The molecule has 0 bridgehead atoms. The van der Waals surface area contributed by atoms with Crippen LogP contribution >= 0.6 is 11.6 Å². The van der Waals surface area contributed by atoms with Gasteiger partial charge in [0.25, 0.3) is 5.91 Å². The van der Waals surface area contributed by atoms with Gasteiger partial charge in [0.15, 0.2) is 0 Å². The Bertz CT molecular complexity index is 1500. The molecule has 0 radical (unpaired) electrons. The molecule has 0 aliphatic heterocycles. The van der Waals surface area contributed by atoms with E-state index in [1.807, 2.05) is 6.07 Å². The van der Waals surface area contributed by atoms with E-state index in [1.165, 1.54) is 4.90 Å². The monoisotopic (exact) mass is 516 g/mol. The maximum atomic E-state index is 13.0. The normalized spacial score (nSPS) is 11.1. The third kappa shape index (κ3) is 6.06. The molecule has 37 heavy (non-hydrogen) atoms. The minimum absolute atomic E-state index is 0.162. The maximum Gasteiger partial charge on any atom is 0.326 e. The summed E-state index contributed by atoms with van der Waals surface area (Å²) in [5.41, 5.74) is 2.20. The molecule has 4 rings (SSSR count). The van der Waals surface area contributed by atoms with Crippen molar-refractivity contribution in [2.45, 2.75) is 26.0 Å². The summed E-state index contributed by atoms with van der Waals surface area (Å²) in [6.07, 6.45) is 0. The zero-order valence-electron chi connectivity index (χ0n) is 20.5. The van der Waals surface area contributed by atoms with Crippen molar-refractivity contribution in [3.8, 4) is 6.07 Å². The first kappa shape index (κ1) is 25.7. The molecule has 0 saturated heterocycles. The summed E-state index contributed by atoms with van der Waals surface area (Å²) >= 11 is 5.94. The number of carbonyl (C=O) groups excluding carboxylic acids is 2. The highest BCUT2D eigenvalue weighted by Crippen LogP contribution is 2.27. The van der Waals surface area contributed by atoms with Crippen LogP contribution in [0.4, 0.5) is 22.1 Å². The molecular weight excluding hydrogens is 492 g/mol. The Labute approximate surface area is 218 Å². The summed E-state index contributed by atoms with van der Waals surface area (Å²) in [7, 11) is 1.66. The van der Waals surface area contributed by atoms with E-state index in [0.717, 1.165) is 0 Å². The Morgan fingerprint density at radius 1 is 1.08 bits per heavy atom. The van der Waals surface area contributed by atoms with Crippen LogP contribution in [0.3, 0.4) is 0 Å². The molecule has 0 saturated carbocycles. The molecule has 4 aromatic rings. The number of imidazole rings is 1. The van der Waals surface area contributed by atoms with Gasteiger partial charge in [0.1, 0.15) is 0 Å². The topological polar surface area (TPSA) is 123 Å². The molecule has 0 aliphatic rings. The first-order valence-electron chi connectivity index (χ1n) is 11.4. The minimum Gasteiger partial charge on any atom is -0.389 e. The zero-order valence-corrected chi connectivity index (χ0v) is 21.2. The highest BCUT2D eigenvalue weighted by atomic mass is 35.5. The summed E-state index contributed by atoms with van der Waals surface area (Å²) in [4.78, 5) is 31.7. The lowest BCUT2D eigenvalue weighted by molar-refractivity contribution is 0.0632. The van der Waals surface area contributed by atoms with Gasteiger partial charge in [-0.3, -0.25) is 10.1 Å². The number of urea groups is 1. The molecule has 188 valence electrons. The number of aromatic nitrogens is 2. The van der Waals surface area contributed by atoms with Crippen LogP contribution in [-0.4, -0.2) is 39.2 Å². The fourth-order valence-electron chi connectivity index (χ4n) is 3.76. The van der Waals surface area contributed by atoms with Gasteiger partial charge in [-0.1, -0.05) is 11.6 Å². The van der Waals surface area contributed by atoms with Gasteiger partial charge in [0.05, 0.1) is 34.8 Å². The van der Waals surface area contributed by atoms with Crippen molar-refractivity contribution in [2.75, 3.05) is 22.6 Å². The van der Waals surface area contributed by atoms with Gasteiger partial charge in [-0.05, 0) is 80.6 Å². The number of hydrogen-bond donors (Lipinski definition) is 3. The number of aliphatic hydroxyl groups is 1. The lowest BCUT2D eigenvalue weighted by atomic mass is 10.1. The van der Waals surface area contributed by atoms with Crippen LogP contribution in [0.2, 0.25) is 5.02 Å². The van der Waals surface area contributed by atoms with E-state index >= 15 is 0 Å². The lowest BCUT2D eigenvalue weighted by Gasteiger charge is -2.21. The first-order chi connectivity index (χ1) is 17.5. The van der Waals surface area contributed by atoms with E-state index in [2.05, 4.69) is 15.6 Å². The van der Waals surface area contributed by atoms with Crippen molar-refractivity contribution in [3.05, 3.63) is 82.9 Å². The number of anilines is 3. The van der Waals surface area contributed by atoms with Crippen LogP contribution in [0, 0.1) is 11.3 Å². The van der Waals surface area contributed by atoms with E-state index in [1.54, 1.807) is 92.2 Å². The highest BCUT2D eigenvalue weighted by Gasteiger charge is 2.22. The SMILES string of the molecule is CN(C(=O)c1ccc(Cl)cc1)c1ccc2c(c1)nc(NC(=O)Nc1ccc(C#N)cc1)n2CC(C)(C)O. The second-order valence-corrected chi connectivity index (χ2v) is 9.58. The zero-order chi connectivity index (χ0) is 26.7. The van der Waals surface area contributed by atoms with E-state index in [0.29, 0.717) is 38.6 Å².